The smallest absolute Gasteiger partial charge is 0.326 e. The summed E-state index contributed by atoms with van der Waals surface area (Å²) in [6, 6.07) is 15.2. The SMILES string of the molecule is CC(C)C(C(=O)N1CCCC1C(=O)O)c1cc(N2CCC(CN3CCC(O)CC3)CC2)no1.Nc1nnc(-c2ccccc2O)cc1N1CC2CCC(C1)N2c1ccnc(OC2CCC2)c1. The van der Waals surface area contributed by atoms with Gasteiger partial charge in [0.25, 0.3) is 0 Å². The van der Waals surface area contributed by atoms with E-state index in [2.05, 4.69) is 52.1 Å². The highest BCUT2D eigenvalue weighted by molar-refractivity contribution is 5.88. The minimum Gasteiger partial charge on any atom is -0.507 e. The molecule has 6 aliphatic rings. The summed E-state index contributed by atoms with van der Waals surface area (Å²) in [5.74, 6) is 1.60. The molecule has 0 radical (unpaired) electrons. The normalized spacial score (nSPS) is 23.4. The van der Waals surface area contributed by atoms with Crippen LogP contribution in [0.2, 0.25) is 0 Å². The summed E-state index contributed by atoms with van der Waals surface area (Å²) in [6.07, 6.45) is 12.9. The molecule has 4 atom stereocenters. The number of amides is 1. The molecule has 66 heavy (non-hydrogen) atoms. The second-order valence-electron chi connectivity index (χ2n) is 19.5. The van der Waals surface area contributed by atoms with Crippen molar-refractivity contribution < 1.29 is 34.2 Å². The van der Waals surface area contributed by atoms with E-state index < -0.39 is 17.9 Å². The molecule has 1 saturated carbocycles. The number of anilines is 4. The van der Waals surface area contributed by atoms with Crippen LogP contribution in [0.25, 0.3) is 11.3 Å². The van der Waals surface area contributed by atoms with Crippen LogP contribution < -0.4 is 25.2 Å². The highest BCUT2D eigenvalue weighted by Crippen LogP contribution is 2.40. The number of carboxylic acid groups (broad SMARTS) is 1. The number of fused-ring (bicyclic) bond motifs is 2. The fourth-order valence-electron chi connectivity index (χ4n) is 10.9. The number of carboxylic acids is 1. The van der Waals surface area contributed by atoms with Crippen molar-refractivity contribution in [2.75, 3.05) is 72.8 Å². The summed E-state index contributed by atoms with van der Waals surface area (Å²) in [4.78, 5) is 40.3. The van der Waals surface area contributed by atoms with Gasteiger partial charge in [0.05, 0.1) is 17.5 Å². The Morgan fingerprint density at radius 2 is 1.61 bits per heavy atom. The van der Waals surface area contributed by atoms with E-state index >= 15 is 0 Å². The Morgan fingerprint density at radius 1 is 0.864 bits per heavy atom. The number of pyridine rings is 1. The van der Waals surface area contributed by atoms with Crippen LogP contribution in [0.1, 0.15) is 96.2 Å². The number of aliphatic carboxylic acids is 1. The highest BCUT2D eigenvalue weighted by atomic mass is 16.5. The molecule has 5 N–H and O–H groups in total. The van der Waals surface area contributed by atoms with E-state index in [0.717, 1.165) is 115 Å². The average Bonchev–Trinajstić information content (AvgIpc) is 4.05. The van der Waals surface area contributed by atoms with Crippen LogP contribution in [-0.2, 0) is 9.59 Å². The van der Waals surface area contributed by atoms with E-state index in [4.69, 9.17) is 15.0 Å². The molecule has 10 rings (SSSR count). The average molecular weight is 907 g/mol. The number of benzene rings is 1. The molecule has 6 fully saturated rings. The quantitative estimate of drug-likeness (QED) is 0.133. The van der Waals surface area contributed by atoms with Crippen molar-refractivity contribution >= 4 is 34.9 Å². The number of para-hydroxylation sites is 1. The predicted molar refractivity (Wildman–Crippen MR) is 251 cm³/mol. The Hall–Kier alpha value is -5.68. The van der Waals surface area contributed by atoms with Crippen LogP contribution >= 0.6 is 0 Å². The molecule has 4 unspecified atom stereocenters. The molecule has 8 heterocycles. The van der Waals surface area contributed by atoms with E-state index in [9.17, 15) is 24.9 Å². The zero-order valence-corrected chi connectivity index (χ0v) is 38.3. The van der Waals surface area contributed by atoms with Gasteiger partial charge in [0.1, 0.15) is 23.8 Å². The Bertz CT molecular complexity index is 2280. The number of nitrogen functional groups attached to an aromatic ring is 1. The van der Waals surface area contributed by atoms with E-state index in [1.165, 1.54) is 17.0 Å². The molecule has 2 bridgehead atoms. The Morgan fingerprint density at radius 3 is 2.29 bits per heavy atom. The largest absolute Gasteiger partial charge is 0.507 e. The van der Waals surface area contributed by atoms with Crippen LogP contribution in [0.4, 0.5) is 23.0 Å². The van der Waals surface area contributed by atoms with Crippen molar-refractivity contribution in [3.05, 3.63) is 60.5 Å². The van der Waals surface area contributed by atoms with Crippen molar-refractivity contribution in [2.24, 2.45) is 11.8 Å². The number of rotatable bonds is 12. The number of nitrogens with two attached hydrogens (primary N) is 1. The van der Waals surface area contributed by atoms with Gasteiger partial charge < -0.3 is 54.8 Å². The number of carbonyl (C=O) groups is 2. The summed E-state index contributed by atoms with van der Waals surface area (Å²) in [5.41, 5.74) is 9.60. The fourth-order valence-corrected chi connectivity index (χ4v) is 10.9. The zero-order valence-electron chi connectivity index (χ0n) is 38.3. The van der Waals surface area contributed by atoms with Crippen molar-refractivity contribution in [3.8, 4) is 22.9 Å². The number of ether oxygens (including phenoxy) is 1. The minimum atomic E-state index is -0.940. The van der Waals surface area contributed by atoms with Crippen LogP contribution in [0, 0.1) is 11.8 Å². The zero-order chi connectivity index (χ0) is 45.9. The number of aliphatic hydroxyl groups is 1. The number of hydrogen-bond donors (Lipinski definition) is 4. The van der Waals surface area contributed by atoms with E-state index in [-0.39, 0.29) is 23.7 Å². The lowest BCUT2D eigenvalue weighted by atomic mass is 9.91. The summed E-state index contributed by atoms with van der Waals surface area (Å²) in [6.45, 7) is 11.0. The number of carbonyl (C=O) groups excluding carboxylic acids is 1. The molecule has 3 aromatic heterocycles. The second-order valence-corrected chi connectivity index (χ2v) is 19.5. The molecule has 17 heteroatoms. The first-order valence-electron chi connectivity index (χ1n) is 24.2. The Labute approximate surface area is 386 Å². The molecule has 0 spiro atoms. The van der Waals surface area contributed by atoms with Gasteiger partial charge in [0.2, 0.25) is 11.8 Å². The number of likely N-dealkylation sites (tertiary alicyclic amines) is 2. The van der Waals surface area contributed by atoms with Gasteiger partial charge in [-0.15, -0.1) is 10.2 Å². The van der Waals surface area contributed by atoms with Crippen molar-refractivity contribution in [2.45, 2.75) is 121 Å². The van der Waals surface area contributed by atoms with Gasteiger partial charge in [-0.2, -0.15) is 0 Å². The first-order chi connectivity index (χ1) is 32.0. The third kappa shape index (κ3) is 10.0. The van der Waals surface area contributed by atoms with Gasteiger partial charge in [-0.1, -0.05) is 31.1 Å². The summed E-state index contributed by atoms with van der Waals surface area (Å²) >= 11 is 0. The third-order valence-electron chi connectivity index (χ3n) is 14.7. The van der Waals surface area contributed by atoms with Crippen LogP contribution in [0.3, 0.4) is 0 Å². The molecule has 5 saturated heterocycles. The van der Waals surface area contributed by atoms with Crippen molar-refractivity contribution in [3.63, 3.8) is 0 Å². The topological polar surface area (TPSA) is 211 Å². The monoisotopic (exact) mass is 907 g/mol. The predicted octanol–water partition coefficient (Wildman–Crippen LogP) is 5.78. The van der Waals surface area contributed by atoms with Crippen LogP contribution in [-0.4, -0.2) is 140 Å². The minimum absolute atomic E-state index is 0.0258. The van der Waals surface area contributed by atoms with Crippen LogP contribution in [0.5, 0.6) is 11.6 Å². The number of aromatic nitrogens is 4. The maximum Gasteiger partial charge on any atom is 0.326 e. The van der Waals surface area contributed by atoms with Crippen molar-refractivity contribution in [1.82, 2.24) is 30.1 Å². The maximum atomic E-state index is 13.3. The number of phenolic OH excluding ortho intramolecular Hbond substituents is 1. The van der Waals surface area contributed by atoms with E-state index in [0.29, 0.717) is 66.3 Å². The summed E-state index contributed by atoms with van der Waals surface area (Å²) in [5, 5.41) is 42.2. The second kappa shape index (κ2) is 20.0. The lowest BCUT2D eigenvalue weighted by Crippen LogP contribution is -2.54. The third-order valence-corrected chi connectivity index (χ3v) is 14.7. The first-order valence-corrected chi connectivity index (χ1v) is 24.2. The number of phenols is 1. The maximum absolute atomic E-state index is 13.3. The molecular formula is C49H66N10O7. The molecule has 354 valence electrons. The lowest BCUT2D eigenvalue weighted by Gasteiger charge is -2.43. The summed E-state index contributed by atoms with van der Waals surface area (Å²) in [7, 11) is 0. The standard InChI is InChI=1S/C25H28N6O2.C24H38N4O5/c26-25-22(13-21(28-29-25)20-6-1-2-7-23(20)32)30-14-17-8-9-18(15-30)31(17)16-10-11-27-24(12-16)33-19-4-3-5-19;1-16(2)22(23(30)28-9-3-4-19(28)24(31)32)20-14-21(25-33-20)27-12-5-17(6-13-27)15-26-10-7-18(29)8-11-26/h1-2,6-7,10-13,17-19,32H,3-5,8-9,14-15H2,(H2,26,29);14,16-19,22,29H,3-13,15H2,1-2H3,(H,31,32). The lowest BCUT2D eigenvalue weighted by molar-refractivity contribution is -0.149. The molecule has 1 aliphatic carbocycles. The van der Waals surface area contributed by atoms with Gasteiger partial charge >= 0.3 is 5.97 Å². The van der Waals surface area contributed by atoms with Gasteiger partial charge in [0, 0.05) is 94.0 Å². The van der Waals surface area contributed by atoms with Gasteiger partial charge in [0.15, 0.2) is 17.4 Å². The molecule has 1 aromatic carbocycles. The fraction of sp³-hybridized carbons (Fsp3) is 0.592. The van der Waals surface area contributed by atoms with Crippen LogP contribution in [0.15, 0.2) is 59.3 Å². The highest BCUT2D eigenvalue weighted by Gasteiger charge is 2.42. The van der Waals surface area contributed by atoms with Crippen molar-refractivity contribution in [1.29, 1.82) is 0 Å². The number of piperazine rings is 1. The molecule has 17 nitrogen and oxygen atoms in total. The Balaban J connectivity index is 0.000000166. The number of aliphatic hydroxyl groups excluding tert-OH is 1. The number of hydrogen-bond acceptors (Lipinski definition) is 15. The Kier molecular flexibility index (Phi) is 13.8. The van der Waals surface area contributed by atoms with E-state index in [1.807, 2.05) is 44.3 Å². The molecule has 5 aliphatic heterocycles. The number of aromatic hydroxyl groups is 1. The number of nitrogens with zero attached hydrogens (tertiary/aromatic N) is 9. The number of piperidine rings is 2. The summed E-state index contributed by atoms with van der Waals surface area (Å²) < 4.78 is 11.7. The van der Waals surface area contributed by atoms with Gasteiger partial charge in [-0.25, -0.2) is 9.78 Å². The van der Waals surface area contributed by atoms with Gasteiger partial charge in [-0.3, -0.25) is 4.79 Å². The first kappa shape index (κ1) is 45.5. The van der Waals surface area contributed by atoms with Gasteiger partial charge in [-0.05, 0) is 107 Å². The van der Waals surface area contributed by atoms with E-state index in [1.54, 1.807) is 12.1 Å². The molecular weight excluding hydrogens is 841 g/mol. The molecule has 1 amide bonds. The molecule has 4 aromatic rings.